The van der Waals surface area contributed by atoms with E-state index >= 15 is 0 Å². The van der Waals surface area contributed by atoms with E-state index in [1.54, 1.807) is 41.1 Å². The molecule has 10 heteroatoms. The van der Waals surface area contributed by atoms with E-state index in [0.717, 1.165) is 6.07 Å². The van der Waals surface area contributed by atoms with E-state index in [1.165, 1.54) is 17.0 Å². The topological polar surface area (TPSA) is 66.0 Å². The number of aliphatic imine (C=N–C) groups is 1. The largest absolute Gasteiger partial charge is 0.416 e. The van der Waals surface area contributed by atoms with Crippen molar-refractivity contribution in [3.8, 4) is 0 Å². The molecule has 1 rings (SSSR count). The molecule has 0 saturated heterocycles. The highest BCUT2D eigenvalue weighted by Crippen LogP contribution is 2.35. The highest BCUT2D eigenvalue weighted by Gasteiger charge is 2.35. The summed E-state index contributed by atoms with van der Waals surface area (Å²) in [5.74, 6) is -0.288. The molecule has 0 saturated carbocycles. The van der Waals surface area contributed by atoms with Gasteiger partial charge in [-0.25, -0.2) is 4.99 Å². The van der Waals surface area contributed by atoms with Gasteiger partial charge in [-0.3, -0.25) is 4.79 Å². The molecule has 1 amide bonds. The van der Waals surface area contributed by atoms with E-state index in [0.29, 0.717) is 19.1 Å². The van der Waals surface area contributed by atoms with E-state index in [1.807, 2.05) is 0 Å². The van der Waals surface area contributed by atoms with Gasteiger partial charge in [-0.05, 0) is 18.6 Å². The van der Waals surface area contributed by atoms with E-state index in [-0.39, 0.29) is 48.0 Å². The smallest absolute Gasteiger partial charge is 0.383 e. The lowest BCUT2D eigenvalue weighted by Gasteiger charge is -2.26. The van der Waals surface area contributed by atoms with Crippen LogP contribution in [0.15, 0.2) is 29.3 Å². The zero-order valence-corrected chi connectivity index (χ0v) is 19.7. The number of halogens is 4. The minimum Gasteiger partial charge on any atom is -0.383 e. The molecule has 166 valence electrons. The number of rotatable bonds is 8. The molecule has 0 fully saturated rings. The summed E-state index contributed by atoms with van der Waals surface area (Å²) in [5, 5.41) is 6.11. The normalized spacial score (nSPS) is 13.9. The average molecular weight is 530 g/mol. The molecule has 6 nitrogen and oxygen atoms in total. The van der Waals surface area contributed by atoms with Gasteiger partial charge in [0.05, 0.1) is 12.2 Å². The summed E-state index contributed by atoms with van der Waals surface area (Å²) in [6.45, 7) is 4.29. The summed E-state index contributed by atoms with van der Waals surface area (Å²) >= 11 is 0. The lowest BCUT2D eigenvalue weighted by molar-refractivity contribution is -0.138. The number of carbonyl (C=O) groups is 1. The first kappa shape index (κ1) is 27.4. The van der Waals surface area contributed by atoms with Gasteiger partial charge in [0.15, 0.2) is 5.96 Å². The van der Waals surface area contributed by atoms with Crippen LogP contribution in [0.3, 0.4) is 0 Å². The molecule has 1 aromatic carbocycles. The van der Waals surface area contributed by atoms with Crippen molar-refractivity contribution in [1.82, 2.24) is 15.5 Å². The van der Waals surface area contributed by atoms with Crippen LogP contribution < -0.4 is 10.6 Å². The maximum absolute atomic E-state index is 13.3. The van der Waals surface area contributed by atoms with E-state index in [9.17, 15) is 18.0 Å². The van der Waals surface area contributed by atoms with Gasteiger partial charge in [-0.2, -0.15) is 13.2 Å². The Bertz CT molecular complexity index is 669. The number of carbonyl (C=O) groups excluding carboxylic acids is 1. The second kappa shape index (κ2) is 12.9. The molecule has 0 bridgehead atoms. The van der Waals surface area contributed by atoms with Gasteiger partial charge in [0, 0.05) is 39.7 Å². The van der Waals surface area contributed by atoms with Crippen molar-refractivity contribution in [2.75, 3.05) is 40.9 Å². The number of guanidine groups is 1. The number of methoxy groups -OCH3 is 1. The quantitative estimate of drug-likeness (QED) is 0.235. The van der Waals surface area contributed by atoms with Crippen LogP contribution in [0.5, 0.6) is 0 Å². The van der Waals surface area contributed by atoms with Crippen molar-refractivity contribution in [2.24, 2.45) is 4.99 Å². The van der Waals surface area contributed by atoms with Gasteiger partial charge >= 0.3 is 6.18 Å². The molecule has 2 unspecified atom stereocenters. The third-order valence-electron chi connectivity index (χ3n) is 4.34. The maximum Gasteiger partial charge on any atom is 0.416 e. The average Bonchev–Trinajstić information content (AvgIpc) is 2.64. The molecular formula is C19H30F3IN4O2. The van der Waals surface area contributed by atoms with Crippen LogP contribution >= 0.6 is 24.0 Å². The van der Waals surface area contributed by atoms with Crippen LogP contribution in [0.1, 0.15) is 30.9 Å². The fourth-order valence-electron chi connectivity index (χ4n) is 2.47. The van der Waals surface area contributed by atoms with Crippen LogP contribution in [-0.4, -0.2) is 63.7 Å². The molecule has 29 heavy (non-hydrogen) atoms. The second-order valence-electron chi connectivity index (χ2n) is 6.68. The Morgan fingerprint density at radius 3 is 2.41 bits per heavy atom. The number of benzene rings is 1. The van der Waals surface area contributed by atoms with Gasteiger partial charge in [0.1, 0.15) is 6.54 Å². The summed E-state index contributed by atoms with van der Waals surface area (Å²) in [5.41, 5.74) is -0.444. The Balaban J connectivity index is 0.00000784. The molecule has 2 atom stereocenters. The zero-order chi connectivity index (χ0) is 21.3. The molecule has 1 aromatic rings. The first-order valence-electron chi connectivity index (χ1n) is 8.98. The second-order valence-corrected chi connectivity index (χ2v) is 6.68. The number of likely N-dealkylation sites (N-methyl/N-ethyl adjacent to an activating group) is 1. The van der Waals surface area contributed by atoms with Crippen molar-refractivity contribution >= 4 is 35.8 Å². The van der Waals surface area contributed by atoms with Crippen LogP contribution in [0, 0.1) is 0 Å². The number of ether oxygens (including phenoxy) is 1. The lowest BCUT2D eigenvalue weighted by atomic mass is 9.90. The van der Waals surface area contributed by atoms with Crippen LogP contribution in [0.25, 0.3) is 0 Å². The molecule has 0 aliphatic rings. The van der Waals surface area contributed by atoms with Crippen LogP contribution in [-0.2, 0) is 15.7 Å². The molecular weight excluding hydrogens is 500 g/mol. The summed E-state index contributed by atoms with van der Waals surface area (Å²) in [4.78, 5) is 17.4. The summed E-state index contributed by atoms with van der Waals surface area (Å²) in [6, 6.07) is 5.17. The van der Waals surface area contributed by atoms with Gasteiger partial charge in [-0.1, -0.05) is 25.1 Å². The Morgan fingerprint density at radius 1 is 1.24 bits per heavy atom. The Morgan fingerprint density at radius 2 is 1.86 bits per heavy atom. The lowest BCUT2D eigenvalue weighted by Crippen LogP contribution is -2.45. The van der Waals surface area contributed by atoms with Crippen LogP contribution in [0.2, 0.25) is 0 Å². The number of hydrogen-bond donors (Lipinski definition) is 2. The third kappa shape index (κ3) is 9.20. The summed E-state index contributed by atoms with van der Waals surface area (Å²) in [7, 11) is 4.81. The number of alkyl halides is 3. The number of nitrogens with zero attached hydrogens (tertiary/aromatic N) is 2. The van der Waals surface area contributed by atoms with Gasteiger partial charge < -0.3 is 20.3 Å². The third-order valence-corrected chi connectivity index (χ3v) is 4.34. The Kier molecular flexibility index (Phi) is 12.2. The monoisotopic (exact) mass is 530 g/mol. The minimum absolute atomic E-state index is 0. The van der Waals surface area contributed by atoms with E-state index in [4.69, 9.17) is 4.74 Å². The molecule has 0 aliphatic heterocycles. The standard InChI is InChI=1S/C19H29F3N4O2.HI/c1-13(15-8-6-7-9-16(15)19(20,21)22)14(2)25-18(23-10-11-28-5)24-12-17(27)26(3)4;/h6-9,13-14H,10-12H2,1-5H3,(H2,23,24,25);1H. The van der Waals surface area contributed by atoms with Crippen molar-refractivity contribution in [3.63, 3.8) is 0 Å². The Labute approximate surface area is 187 Å². The van der Waals surface area contributed by atoms with Crippen molar-refractivity contribution in [2.45, 2.75) is 32.0 Å². The van der Waals surface area contributed by atoms with Crippen LogP contribution in [0.4, 0.5) is 13.2 Å². The first-order chi connectivity index (χ1) is 13.1. The highest BCUT2D eigenvalue weighted by molar-refractivity contribution is 14.0. The van der Waals surface area contributed by atoms with Crippen molar-refractivity contribution in [1.29, 1.82) is 0 Å². The van der Waals surface area contributed by atoms with Crippen molar-refractivity contribution < 1.29 is 22.7 Å². The van der Waals surface area contributed by atoms with Gasteiger partial charge in [-0.15, -0.1) is 24.0 Å². The fraction of sp³-hybridized carbons (Fsp3) is 0.579. The SMILES string of the molecule is COCCNC(=NCC(=O)N(C)C)NC(C)C(C)c1ccccc1C(F)(F)F.I. The molecule has 0 radical (unpaired) electrons. The van der Waals surface area contributed by atoms with Gasteiger partial charge in [0.25, 0.3) is 0 Å². The minimum atomic E-state index is -4.42. The summed E-state index contributed by atoms with van der Waals surface area (Å²) in [6.07, 6.45) is -4.42. The number of nitrogens with one attached hydrogen (secondary N) is 2. The Hall–Kier alpha value is -1.56. The molecule has 0 aliphatic carbocycles. The van der Waals surface area contributed by atoms with Gasteiger partial charge in [0.2, 0.25) is 5.91 Å². The zero-order valence-electron chi connectivity index (χ0n) is 17.3. The predicted octanol–water partition coefficient (Wildman–Crippen LogP) is 3.09. The number of amides is 1. The fourth-order valence-corrected chi connectivity index (χ4v) is 2.47. The molecule has 0 spiro atoms. The summed E-state index contributed by atoms with van der Waals surface area (Å²) < 4.78 is 44.9. The first-order valence-corrected chi connectivity index (χ1v) is 8.98. The number of hydrogen-bond acceptors (Lipinski definition) is 3. The molecule has 2 N–H and O–H groups in total. The molecule has 0 heterocycles. The van der Waals surface area contributed by atoms with Crippen molar-refractivity contribution in [3.05, 3.63) is 35.4 Å². The van der Waals surface area contributed by atoms with E-state index in [2.05, 4.69) is 15.6 Å². The highest BCUT2D eigenvalue weighted by atomic mass is 127. The predicted molar refractivity (Wildman–Crippen MR) is 119 cm³/mol. The molecule has 0 aromatic heterocycles. The maximum atomic E-state index is 13.3. The van der Waals surface area contributed by atoms with E-state index < -0.39 is 17.7 Å².